The predicted octanol–water partition coefficient (Wildman–Crippen LogP) is 0.871. The zero-order valence-electron chi connectivity index (χ0n) is 9.76. The molecule has 0 fully saturated rings. The molecule has 0 atom stereocenters. The van der Waals surface area contributed by atoms with Gasteiger partial charge in [0, 0.05) is 0 Å². The molecular weight excluding hydrogens is 240 g/mol. The Labute approximate surface area is 103 Å². The fourth-order valence-electron chi connectivity index (χ4n) is 1.70. The molecule has 6 heteroatoms. The van der Waals surface area contributed by atoms with Gasteiger partial charge in [0.15, 0.2) is 11.5 Å². The second kappa shape index (κ2) is 4.95. The number of methoxy groups -OCH3 is 1. The molecule has 1 aliphatic heterocycles. The van der Waals surface area contributed by atoms with Crippen LogP contribution < -0.4 is 9.47 Å². The molecular formula is C12H12O6. The molecule has 0 aliphatic carbocycles. The molecule has 18 heavy (non-hydrogen) atoms. The fourth-order valence-corrected chi connectivity index (χ4v) is 1.70. The van der Waals surface area contributed by atoms with Crippen molar-refractivity contribution >= 4 is 11.9 Å². The Kier molecular flexibility index (Phi) is 3.36. The van der Waals surface area contributed by atoms with Crippen molar-refractivity contribution in [3.05, 3.63) is 23.3 Å². The number of rotatable bonds is 3. The zero-order valence-corrected chi connectivity index (χ0v) is 9.76. The van der Waals surface area contributed by atoms with E-state index in [0.29, 0.717) is 30.3 Å². The summed E-state index contributed by atoms with van der Waals surface area (Å²) in [4.78, 5) is 22.4. The summed E-state index contributed by atoms with van der Waals surface area (Å²) in [5, 5.41) is 9.10. The van der Waals surface area contributed by atoms with Crippen molar-refractivity contribution in [2.45, 2.75) is 6.42 Å². The predicted molar refractivity (Wildman–Crippen MR) is 60.1 cm³/mol. The van der Waals surface area contributed by atoms with Crippen LogP contribution in [0.2, 0.25) is 0 Å². The van der Waals surface area contributed by atoms with E-state index < -0.39 is 11.9 Å². The highest BCUT2D eigenvalue weighted by Gasteiger charge is 2.20. The number of carboxylic acids is 1. The number of hydrogen-bond donors (Lipinski definition) is 1. The smallest absolute Gasteiger partial charge is 0.336 e. The molecule has 96 valence electrons. The minimum atomic E-state index is -1.12. The number of fused-ring (bicyclic) bond motifs is 1. The summed E-state index contributed by atoms with van der Waals surface area (Å²) in [7, 11) is 1.25. The Balaban J connectivity index is 2.42. The van der Waals surface area contributed by atoms with Crippen LogP contribution in [-0.2, 0) is 16.0 Å². The van der Waals surface area contributed by atoms with Gasteiger partial charge in [0.1, 0.15) is 13.2 Å². The Morgan fingerprint density at radius 1 is 1.28 bits per heavy atom. The Morgan fingerprint density at radius 3 is 2.44 bits per heavy atom. The van der Waals surface area contributed by atoms with Gasteiger partial charge in [-0.15, -0.1) is 0 Å². The van der Waals surface area contributed by atoms with Crippen molar-refractivity contribution in [3.8, 4) is 11.5 Å². The molecule has 0 saturated carbocycles. The summed E-state index contributed by atoms with van der Waals surface area (Å²) in [5.41, 5.74) is 0.364. The van der Waals surface area contributed by atoms with Gasteiger partial charge in [0.2, 0.25) is 0 Å². The summed E-state index contributed by atoms with van der Waals surface area (Å²) < 4.78 is 15.2. The topological polar surface area (TPSA) is 82.1 Å². The van der Waals surface area contributed by atoms with Crippen LogP contribution in [-0.4, -0.2) is 37.4 Å². The monoisotopic (exact) mass is 252 g/mol. The largest absolute Gasteiger partial charge is 0.486 e. The number of hydrogen-bond acceptors (Lipinski definition) is 5. The SMILES string of the molecule is COC(=O)Cc1cc2c(cc1C(=O)O)OCCO2. The summed E-state index contributed by atoms with van der Waals surface area (Å²) >= 11 is 0. The van der Waals surface area contributed by atoms with E-state index in [2.05, 4.69) is 4.74 Å². The number of carbonyl (C=O) groups excluding carboxylic acids is 1. The average Bonchev–Trinajstić information content (AvgIpc) is 2.37. The average molecular weight is 252 g/mol. The van der Waals surface area contributed by atoms with Gasteiger partial charge >= 0.3 is 11.9 Å². The van der Waals surface area contributed by atoms with E-state index >= 15 is 0 Å². The van der Waals surface area contributed by atoms with Gasteiger partial charge in [0.05, 0.1) is 19.1 Å². The first kappa shape index (κ1) is 12.2. The molecule has 1 heterocycles. The van der Waals surface area contributed by atoms with E-state index in [9.17, 15) is 9.59 Å². The molecule has 1 aromatic rings. The van der Waals surface area contributed by atoms with Crippen LogP contribution in [0.15, 0.2) is 12.1 Å². The van der Waals surface area contributed by atoms with Crippen LogP contribution in [0.1, 0.15) is 15.9 Å². The number of esters is 1. The van der Waals surface area contributed by atoms with Gasteiger partial charge in [-0.1, -0.05) is 0 Å². The van der Waals surface area contributed by atoms with Gasteiger partial charge < -0.3 is 19.3 Å². The second-order valence-electron chi connectivity index (χ2n) is 3.71. The van der Waals surface area contributed by atoms with E-state index in [4.69, 9.17) is 14.6 Å². The van der Waals surface area contributed by atoms with Gasteiger partial charge in [-0.25, -0.2) is 4.79 Å². The number of benzene rings is 1. The summed E-state index contributed by atoms with van der Waals surface area (Å²) in [6.45, 7) is 0.777. The standard InChI is InChI=1S/C12H12O6/c1-16-11(13)5-7-4-9-10(18-3-2-17-9)6-8(7)12(14)15/h4,6H,2-3,5H2,1H3,(H,14,15). The Bertz CT molecular complexity index is 494. The lowest BCUT2D eigenvalue weighted by atomic mass is 10.0. The van der Waals surface area contributed by atoms with Gasteiger partial charge in [-0.2, -0.15) is 0 Å². The molecule has 2 rings (SSSR count). The third-order valence-electron chi connectivity index (χ3n) is 2.56. The number of carboxylic acid groups (broad SMARTS) is 1. The van der Waals surface area contributed by atoms with Crippen molar-refractivity contribution in [2.24, 2.45) is 0 Å². The van der Waals surface area contributed by atoms with Crippen LogP contribution >= 0.6 is 0 Å². The van der Waals surface area contributed by atoms with Crippen LogP contribution in [0.3, 0.4) is 0 Å². The van der Waals surface area contributed by atoms with E-state index in [1.807, 2.05) is 0 Å². The van der Waals surface area contributed by atoms with Crippen molar-refractivity contribution in [1.82, 2.24) is 0 Å². The Morgan fingerprint density at radius 2 is 1.89 bits per heavy atom. The lowest BCUT2D eigenvalue weighted by Crippen LogP contribution is -2.17. The van der Waals surface area contributed by atoms with E-state index in [1.54, 1.807) is 0 Å². The van der Waals surface area contributed by atoms with Crippen LogP contribution in [0.25, 0.3) is 0 Å². The lowest BCUT2D eigenvalue weighted by molar-refractivity contribution is -0.139. The van der Waals surface area contributed by atoms with Crippen LogP contribution in [0, 0.1) is 0 Å². The first-order valence-electron chi connectivity index (χ1n) is 5.34. The van der Waals surface area contributed by atoms with E-state index in [1.165, 1.54) is 19.2 Å². The third kappa shape index (κ3) is 2.37. The molecule has 0 aromatic heterocycles. The lowest BCUT2D eigenvalue weighted by Gasteiger charge is -2.20. The maximum absolute atomic E-state index is 11.2. The van der Waals surface area contributed by atoms with Crippen molar-refractivity contribution in [3.63, 3.8) is 0 Å². The quantitative estimate of drug-likeness (QED) is 0.804. The Hall–Kier alpha value is -2.24. The highest BCUT2D eigenvalue weighted by atomic mass is 16.6. The van der Waals surface area contributed by atoms with Crippen molar-refractivity contribution in [2.75, 3.05) is 20.3 Å². The number of aromatic carboxylic acids is 1. The normalized spacial score (nSPS) is 12.9. The molecule has 0 radical (unpaired) electrons. The summed E-state index contributed by atoms with van der Waals surface area (Å²) in [6, 6.07) is 2.88. The van der Waals surface area contributed by atoms with E-state index in [0.717, 1.165) is 0 Å². The van der Waals surface area contributed by atoms with Gasteiger partial charge in [-0.3, -0.25) is 4.79 Å². The highest BCUT2D eigenvalue weighted by Crippen LogP contribution is 2.33. The zero-order chi connectivity index (χ0) is 13.1. The third-order valence-corrected chi connectivity index (χ3v) is 2.56. The second-order valence-corrected chi connectivity index (χ2v) is 3.71. The number of carbonyl (C=O) groups is 2. The molecule has 0 saturated heterocycles. The molecule has 0 amide bonds. The first-order valence-corrected chi connectivity index (χ1v) is 5.34. The fraction of sp³-hybridized carbons (Fsp3) is 0.333. The van der Waals surface area contributed by atoms with Crippen LogP contribution in [0.4, 0.5) is 0 Å². The van der Waals surface area contributed by atoms with Crippen molar-refractivity contribution in [1.29, 1.82) is 0 Å². The molecule has 1 aromatic carbocycles. The summed E-state index contributed by atoms with van der Waals surface area (Å²) in [5.74, 6) is -0.794. The minimum absolute atomic E-state index is 0.0182. The van der Waals surface area contributed by atoms with Gasteiger partial charge in [-0.05, 0) is 17.7 Å². The highest BCUT2D eigenvalue weighted by molar-refractivity contribution is 5.92. The van der Waals surface area contributed by atoms with Crippen molar-refractivity contribution < 1.29 is 28.9 Å². The molecule has 0 unspecified atom stereocenters. The van der Waals surface area contributed by atoms with E-state index in [-0.39, 0.29) is 12.0 Å². The maximum Gasteiger partial charge on any atom is 0.336 e. The molecule has 6 nitrogen and oxygen atoms in total. The molecule has 1 N–H and O–H groups in total. The maximum atomic E-state index is 11.2. The summed E-state index contributed by atoms with van der Waals surface area (Å²) in [6.07, 6.45) is -0.116. The molecule has 1 aliphatic rings. The van der Waals surface area contributed by atoms with Gasteiger partial charge in [0.25, 0.3) is 0 Å². The minimum Gasteiger partial charge on any atom is -0.486 e. The van der Waals surface area contributed by atoms with Crippen LogP contribution in [0.5, 0.6) is 11.5 Å². The molecule has 0 bridgehead atoms. The first-order chi connectivity index (χ1) is 8.61. The number of ether oxygens (including phenoxy) is 3. The molecule has 0 spiro atoms.